The first-order valence-electron chi connectivity index (χ1n) is 8.51. The Morgan fingerprint density at radius 2 is 2.14 bits per heavy atom. The fraction of sp³-hybridized carbons (Fsp3) is 0.100. The number of rotatable bonds is 7. The van der Waals surface area contributed by atoms with Gasteiger partial charge < -0.3 is 10.1 Å². The number of anilines is 1. The molecule has 0 spiro atoms. The molecule has 0 aliphatic carbocycles. The molecule has 1 N–H and O–H groups in total. The molecule has 2 aromatic carbocycles. The third kappa shape index (κ3) is 4.75. The first kappa shape index (κ1) is 20.0. The maximum atomic E-state index is 13.3. The van der Waals surface area contributed by atoms with Crippen molar-refractivity contribution in [3.63, 3.8) is 0 Å². The zero-order chi connectivity index (χ0) is 20.8. The van der Waals surface area contributed by atoms with E-state index in [9.17, 15) is 19.8 Å². The summed E-state index contributed by atoms with van der Waals surface area (Å²) in [5, 5.41) is 25.5. The van der Waals surface area contributed by atoms with E-state index in [1.807, 2.05) is 42.6 Å². The smallest absolute Gasteiger partial charge is 0.295 e. The third-order valence-electron chi connectivity index (χ3n) is 3.84. The Morgan fingerprint density at radius 3 is 2.79 bits per heavy atom. The number of hydrogen-bond donors (Lipinski definition) is 1. The zero-order valence-electron chi connectivity index (χ0n) is 15.3. The third-order valence-corrected chi connectivity index (χ3v) is 4.72. The Morgan fingerprint density at radius 1 is 1.38 bits per heavy atom. The first-order valence-corrected chi connectivity index (χ1v) is 9.39. The van der Waals surface area contributed by atoms with Gasteiger partial charge in [-0.1, -0.05) is 0 Å². The minimum atomic E-state index is -0.716. The average molecular weight is 410 g/mol. The second-order valence-electron chi connectivity index (χ2n) is 5.73. The number of nitro groups is 1. The molecule has 0 aliphatic heterocycles. The van der Waals surface area contributed by atoms with Crippen LogP contribution in [-0.4, -0.2) is 16.5 Å². The lowest BCUT2D eigenvalue weighted by atomic mass is 10.2. The second kappa shape index (κ2) is 8.95. The number of thiazole rings is 1. The number of nitro benzene ring substituents is 1. The van der Waals surface area contributed by atoms with Gasteiger partial charge in [0.1, 0.15) is 33.9 Å². The molecule has 0 amide bonds. The van der Waals surface area contributed by atoms with Crippen LogP contribution >= 0.6 is 11.3 Å². The van der Waals surface area contributed by atoms with Crippen LogP contribution in [0.3, 0.4) is 0 Å². The van der Waals surface area contributed by atoms with E-state index >= 15 is 0 Å². The molecule has 7 nitrogen and oxygen atoms in total. The Labute approximate surface area is 169 Å². The van der Waals surface area contributed by atoms with Gasteiger partial charge in [-0.05, 0) is 43.3 Å². The Balaban J connectivity index is 1.83. The van der Waals surface area contributed by atoms with Crippen molar-refractivity contribution in [3.05, 3.63) is 75.0 Å². The molecule has 0 saturated heterocycles. The van der Waals surface area contributed by atoms with Gasteiger partial charge in [0.2, 0.25) is 0 Å². The summed E-state index contributed by atoms with van der Waals surface area (Å²) in [7, 11) is 0. The number of allylic oxidation sites excluding steroid dienone is 1. The molecule has 1 aromatic heterocycles. The van der Waals surface area contributed by atoms with E-state index in [4.69, 9.17) is 4.74 Å². The highest BCUT2D eigenvalue weighted by molar-refractivity contribution is 7.11. The number of hydrogen-bond acceptors (Lipinski definition) is 7. The number of nitrogens with one attached hydrogen (secondary N) is 1. The highest BCUT2D eigenvalue weighted by Crippen LogP contribution is 2.29. The van der Waals surface area contributed by atoms with E-state index in [0.29, 0.717) is 17.3 Å². The van der Waals surface area contributed by atoms with Crippen LogP contribution in [0.5, 0.6) is 5.75 Å². The fourth-order valence-electron chi connectivity index (χ4n) is 2.49. The number of ether oxygens (including phenoxy) is 1. The Bertz CT molecular complexity index is 1100. The highest BCUT2D eigenvalue weighted by Gasteiger charge is 2.15. The fourth-order valence-corrected chi connectivity index (χ4v) is 3.28. The van der Waals surface area contributed by atoms with Crippen LogP contribution in [-0.2, 0) is 0 Å². The Hall–Kier alpha value is -3.77. The molecule has 3 aromatic rings. The summed E-state index contributed by atoms with van der Waals surface area (Å²) in [6.45, 7) is 2.49. The summed E-state index contributed by atoms with van der Waals surface area (Å²) in [5.74, 6) is 0.0426. The molecule has 0 unspecified atom stereocenters. The maximum absolute atomic E-state index is 13.3. The number of aromatic nitrogens is 1. The van der Waals surface area contributed by atoms with Crippen molar-refractivity contribution in [2.45, 2.75) is 6.92 Å². The summed E-state index contributed by atoms with van der Waals surface area (Å²) in [6.07, 6.45) is 1.32. The predicted octanol–water partition coefficient (Wildman–Crippen LogP) is 5.23. The molecular weight excluding hydrogens is 395 g/mol. The van der Waals surface area contributed by atoms with Crippen LogP contribution in [0.2, 0.25) is 0 Å². The van der Waals surface area contributed by atoms with Crippen LogP contribution in [0.1, 0.15) is 11.9 Å². The average Bonchev–Trinajstić information content (AvgIpc) is 3.20. The van der Waals surface area contributed by atoms with Crippen LogP contribution in [0.15, 0.2) is 54.0 Å². The lowest BCUT2D eigenvalue weighted by Crippen LogP contribution is -1.97. The number of nitrogens with zero attached hydrogens (tertiary/aromatic N) is 3. The normalized spacial score (nSPS) is 11.0. The minimum absolute atomic E-state index is 0.0763. The zero-order valence-corrected chi connectivity index (χ0v) is 16.1. The Kier molecular flexibility index (Phi) is 6.16. The van der Waals surface area contributed by atoms with E-state index in [-0.39, 0.29) is 11.3 Å². The molecule has 9 heteroatoms. The van der Waals surface area contributed by atoms with Crippen molar-refractivity contribution in [1.82, 2.24) is 4.98 Å². The van der Waals surface area contributed by atoms with Crippen molar-refractivity contribution in [2.75, 3.05) is 11.9 Å². The highest BCUT2D eigenvalue weighted by atomic mass is 32.1. The largest absolute Gasteiger partial charge is 0.494 e. The van der Waals surface area contributed by atoms with Gasteiger partial charge in [0.15, 0.2) is 0 Å². The summed E-state index contributed by atoms with van der Waals surface area (Å²) in [4.78, 5) is 14.8. The lowest BCUT2D eigenvalue weighted by molar-refractivity contribution is -0.384. The quantitative estimate of drug-likeness (QED) is 0.325. The van der Waals surface area contributed by atoms with Gasteiger partial charge in [-0.3, -0.25) is 10.1 Å². The topological polar surface area (TPSA) is 101 Å². The molecule has 0 bridgehead atoms. The van der Waals surface area contributed by atoms with Crippen LogP contribution in [0.4, 0.5) is 15.8 Å². The van der Waals surface area contributed by atoms with Crippen LogP contribution in [0.25, 0.3) is 16.8 Å². The molecule has 3 rings (SSSR count). The molecule has 29 heavy (non-hydrogen) atoms. The van der Waals surface area contributed by atoms with E-state index in [0.717, 1.165) is 23.4 Å². The molecule has 0 radical (unpaired) electrons. The number of benzene rings is 2. The van der Waals surface area contributed by atoms with Crippen molar-refractivity contribution in [3.8, 4) is 23.1 Å². The minimum Gasteiger partial charge on any atom is -0.494 e. The molecule has 0 saturated carbocycles. The monoisotopic (exact) mass is 410 g/mol. The number of nitriles is 1. The van der Waals surface area contributed by atoms with Gasteiger partial charge in [0.25, 0.3) is 5.69 Å². The molecule has 0 atom stereocenters. The summed E-state index contributed by atoms with van der Waals surface area (Å²) in [6, 6.07) is 12.6. The standard InChI is InChI=1S/C20H15FN4O3S/c1-2-28-16-6-3-13(4-7-16)18-12-29-20(24-18)14(10-22)11-23-17-8-5-15(21)9-19(17)25(26)27/h3-9,11-12,23H,2H2,1H3/b14-11-. The summed E-state index contributed by atoms with van der Waals surface area (Å²) >= 11 is 1.27. The predicted molar refractivity (Wildman–Crippen MR) is 109 cm³/mol. The molecule has 0 aliphatic rings. The number of halogens is 1. The second-order valence-corrected chi connectivity index (χ2v) is 6.59. The first-order chi connectivity index (χ1) is 14.0. The van der Waals surface area contributed by atoms with Crippen molar-refractivity contribution < 1.29 is 14.1 Å². The summed E-state index contributed by atoms with van der Waals surface area (Å²) < 4.78 is 18.7. The van der Waals surface area contributed by atoms with Gasteiger partial charge in [-0.2, -0.15) is 5.26 Å². The molecular formula is C20H15FN4O3S. The molecule has 146 valence electrons. The SMILES string of the molecule is CCOc1ccc(-c2csc(/C(C#N)=C\Nc3ccc(F)cc3[N+](=O)[O-])n2)cc1. The van der Waals surface area contributed by atoms with Gasteiger partial charge >= 0.3 is 0 Å². The van der Waals surface area contributed by atoms with Crippen LogP contribution < -0.4 is 10.1 Å². The van der Waals surface area contributed by atoms with E-state index < -0.39 is 16.4 Å². The van der Waals surface area contributed by atoms with Crippen molar-refractivity contribution in [1.29, 1.82) is 5.26 Å². The van der Waals surface area contributed by atoms with Gasteiger partial charge in [-0.25, -0.2) is 9.37 Å². The molecule has 0 fully saturated rings. The van der Waals surface area contributed by atoms with E-state index in [2.05, 4.69) is 10.3 Å². The lowest BCUT2D eigenvalue weighted by Gasteiger charge is -2.03. The molecule has 1 heterocycles. The summed E-state index contributed by atoms with van der Waals surface area (Å²) in [5.41, 5.74) is 1.42. The maximum Gasteiger partial charge on any atom is 0.295 e. The van der Waals surface area contributed by atoms with Gasteiger partial charge in [0.05, 0.1) is 23.3 Å². The van der Waals surface area contributed by atoms with Crippen molar-refractivity contribution in [2.24, 2.45) is 0 Å². The van der Waals surface area contributed by atoms with Gasteiger partial charge in [-0.15, -0.1) is 11.3 Å². The van der Waals surface area contributed by atoms with E-state index in [1.165, 1.54) is 23.6 Å². The van der Waals surface area contributed by atoms with Crippen molar-refractivity contribution >= 4 is 28.3 Å². The van der Waals surface area contributed by atoms with Gasteiger partial charge in [0, 0.05) is 17.1 Å². The van der Waals surface area contributed by atoms with Crippen LogP contribution in [0, 0.1) is 27.3 Å². The van der Waals surface area contributed by atoms with E-state index in [1.54, 1.807) is 0 Å².